The maximum atomic E-state index is 12.3. The number of benzene rings is 2. The van der Waals surface area contributed by atoms with Crippen LogP contribution in [0.5, 0.6) is 0 Å². The molecule has 2 unspecified atom stereocenters. The number of rotatable bonds is 7. The van der Waals surface area contributed by atoms with Crippen molar-refractivity contribution >= 4 is 23.3 Å². The predicted molar refractivity (Wildman–Crippen MR) is 127 cm³/mol. The summed E-state index contributed by atoms with van der Waals surface area (Å²) in [5.41, 5.74) is 5.31. The highest BCUT2D eigenvalue weighted by atomic mass is 35.5. The first kappa shape index (κ1) is 22.3. The lowest BCUT2D eigenvalue weighted by Crippen LogP contribution is -2.30. The molecule has 1 aliphatic rings. The molecule has 9 heteroatoms. The molecule has 2 aromatic carbocycles. The van der Waals surface area contributed by atoms with Crippen molar-refractivity contribution in [2.24, 2.45) is 0 Å². The van der Waals surface area contributed by atoms with Gasteiger partial charge in [0.15, 0.2) is 5.65 Å². The molecule has 2 atom stereocenters. The maximum absolute atomic E-state index is 12.3. The van der Waals surface area contributed by atoms with Crippen LogP contribution in [-0.4, -0.2) is 50.2 Å². The van der Waals surface area contributed by atoms with E-state index < -0.39 is 18.3 Å². The first-order valence-electron chi connectivity index (χ1n) is 11.0. The number of nitrogens with one attached hydrogen (secondary N) is 1. The topological polar surface area (TPSA) is 109 Å². The summed E-state index contributed by atoms with van der Waals surface area (Å²) >= 11 is 5.93. The van der Waals surface area contributed by atoms with Gasteiger partial charge < -0.3 is 20.3 Å². The summed E-state index contributed by atoms with van der Waals surface area (Å²) in [6.45, 7) is 0.335. The number of fused-ring (bicyclic) bond motifs is 4. The Bertz CT molecular complexity index is 1300. The second-order valence-corrected chi connectivity index (χ2v) is 8.56. The van der Waals surface area contributed by atoms with Gasteiger partial charge in [-0.25, -0.2) is 14.3 Å². The number of hydrogen-bond donors (Lipinski definition) is 3. The molecule has 0 saturated carbocycles. The highest BCUT2D eigenvalue weighted by Crippen LogP contribution is 2.44. The minimum Gasteiger partial charge on any atom is -0.449 e. The van der Waals surface area contributed by atoms with Gasteiger partial charge in [-0.3, -0.25) is 0 Å². The van der Waals surface area contributed by atoms with Crippen LogP contribution in [0.3, 0.4) is 0 Å². The van der Waals surface area contributed by atoms with Gasteiger partial charge in [0.25, 0.3) is 0 Å². The minimum atomic E-state index is -1.23. The molecule has 0 spiro atoms. The number of aromatic nitrogens is 3. The van der Waals surface area contributed by atoms with E-state index in [2.05, 4.69) is 39.7 Å². The van der Waals surface area contributed by atoms with Crippen molar-refractivity contribution < 1.29 is 19.7 Å². The molecule has 2 heterocycles. The van der Waals surface area contributed by atoms with Crippen LogP contribution in [0.2, 0.25) is 5.15 Å². The number of amides is 1. The Kier molecular flexibility index (Phi) is 6.19. The normalized spacial score (nSPS) is 14.4. The Morgan fingerprint density at radius 3 is 2.47 bits per heavy atom. The van der Waals surface area contributed by atoms with Crippen molar-refractivity contribution in [3.63, 3.8) is 0 Å². The second-order valence-electron chi connectivity index (χ2n) is 8.17. The van der Waals surface area contributed by atoms with Crippen LogP contribution in [0.15, 0.2) is 67.0 Å². The first-order valence-corrected chi connectivity index (χ1v) is 11.4. The van der Waals surface area contributed by atoms with Crippen LogP contribution in [0.4, 0.5) is 4.79 Å². The van der Waals surface area contributed by atoms with E-state index >= 15 is 0 Å². The lowest BCUT2D eigenvalue weighted by Gasteiger charge is -2.18. The lowest BCUT2D eigenvalue weighted by atomic mass is 9.98. The van der Waals surface area contributed by atoms with Gasteiger partial charge in [0, 0.05) is 24.2 Å². The Morgan fingerprint density at radius 2 is 1.76 bits per heavy atom. The van der Waals surface area contributed by atoms with Crippen molar-refractivity contribution in [3.8, 4) is 11.1 Å². The molecule has 0 fully saturated rings. The molecule has 174 valence electrons. The maximum Gasteiger partial charge on any atom is 0.407 e. The van der Waals surface area contributed by atoms with Gasteiger partial charge >= 0.3 is 6.09 Å². The summed E-state index contributed by atoms with van der Waals surface area (Å²) in [7, 11) is 0. The quantitative estimate of drug-likeness (QED) is 0.349. The number of carbonyl (C=O) groups excluding carboxylic acids is 1. The second kappa shape index (κ2) is 9.42. The standard InChI is InChI=1S/C25H23ClN4O4/c26-22-10-12-30-24(29-22)19(13-28-30)23(32)21(31)9-11-27-25(33)34-14-20-17-7-3-1-5-15(17)16-6-2-4-8-18(16)20/h1-8,10,12-13,20-21,23,31-32H,9,11,14H2,(H,27,33). The third-order valence-corrected chi connectivity index (χ3v) is 6.31. The zero-order valence-corrected chi connectivity index (χ0v) is 18.9. The smallest absolute Gasteiger partial charge is 0.407 e. The van der Waals surface area contributed by atoms with Gasteiger partial charge in [-0.2, -0.15) is 5.10 Å². The third-order valence-electron chi connectivity index (χ3n) is 6.10. The van der Waals surface area contributed by atoms with E-state index in [1.165, 1.54) is 10.7 Å². The Hall–Kier alpha value is -3.46. The summed E-state index contributed by atoms with van der Waals surface area (Å²) in [5.74, 6) is -0.0273. The molecule has 0 radical (unpaired) electrons. The molecule has 5 rings (SSSR count). The van der Waals surface area contributed by atoms with Gasteiger partial charge in [0.05, 0.1) is 12.3 Å². The first-order chi connectivity index (χ1) is 16.5. The molecular formula is C25H23ClN4O4. The number of hydrogen-bond acceptors (Lipinski definition) is 6. The average Bonchev–Trinajstić information content (AvgIpc) is 3.41. The molecule has 34 heavy (non-hydrogen) atoms. The number of aliphatic hydroxyl groups is 2. The van der Waals surface area contributed by atoms with Crippen molar-refractivity contribution in [1.29, 1.82) is 0 Å². The number of carbonyl (C=O) groups is 1. The highest BCUT2D eigenvalue weighted by Gasteiger charge is 2.29. The predicted octanol–water partition coefficient (Wildman–Crippen LogP) is 3.71. The van der Waals surface area contributed by atoms with Crippen molar-refractivity contribution in [2.45, 2.75) is 24.5 Å². The van der Waals surface area contributed by atoms with Crippen molar-refractivity contribution in [3.05, 3.63) is 88.8 Å². The Labute approximate surface area is 200 Å². The zero-order valence-electron chi connectivity index (χ0n) is 18.1. The molecular weight excluding hydrogens is 456 g/mol. The fraction of sp³-hybridized carbons (Fsp3) is 0.240. The van der Waals surface area contributed by atoms with E-state index in [9.17, 15) is 15.0 Å². The molecule has 1 amide bonds. The Balaban J connectivity index is 1.15. The molecule has 3 N–H and O–H groups in total. The van der Waals surface area contributed by atoms with Crippen LogP contribution in [-0.2, 0) is 4.74 Å². The van der Waals surface area contributed by atoms with Crippen molar-refractivity contribution in [2.75, 3.05) is 13.2 Å². The fourth-order valence-electron chi connectivity index (χ4n) is 4.41. The lowest BCUT2D eigenvalue weighted by molar-refractivity contribution is 0.0143. The number of ether oxygens (including phenoxy) is 1. The number of aliphatic hydroxyl groups excluding tert-OH is 2. The molecule has 0 saturated heterocycles. The summed E-state index contributed by atoms with van der Waals surface area (Å²) in [4.78, 5) is 16.4. The Morgan fingerprint density at radius 1 is 1.09 bits per heavy atom. The van der Waals surface area contributed by atoms with Crippen LogP contribution >= 0.6 is 11.6 Å². The molecule has 0 aliphatic heterocycles. The SMILES string of the molecule is O=C(NCCC(O)C(O)c1cnn2ccc(Cl)nc12)OCC1c2ccccc2-c2ccccc21. The fourth-order valence-corrected chi connectivity index (χ4v) is 4.55. The van der Waals surface area contributed by atoms with Crippen LogP contribution in [0.25, 0.3) is 16.8 Å². The van der Waals surface area contributed by atoms with Gasteiger partial charge in [0.2, 0.25) is 0 Å². The molecule has 1 aliphatic carbocycles. The van der Waals surface area contributed by atoms with Gasteiger partial charge in [-0.15, -0.1) is 0 Å². The van der Waals surface area contributed by atoms with E-state index in [0.29, 0.717) is 11.2 Å². The number of halogens is 1. The molecule has 4 aromatic rings. The van der Waals surface area contributed by atoms with Crippen LogP contribution in [0, 0.1) is 0 Å². The highest BCUT2D eigenvalue weighted by molar-refractivity contribution is 6.29. The van der Waals surface area contributed by atoms with Gasteiger partial charge in [-0.05, 0) is 34.7 Å². The van der Waals surface area contributed by atoms with E-state index in [4.69, 9.17) is 16.3 Å². The monoisotopic (exact) mass is 478 g/mol. The van der Waals surface area contributed by atoms with E-state index in [0.717, 1.165) is 22.3 Å². The van der Waals surface area contributed by atoms with Crippen LogP contribution in [0.1, 0.15) is 35.1 Å². The summed E-state index contributed by atoms with van der Waals surface area (Å²) in [5, 5.41) is 27.9. The molecule has 8 nitrogen and oxygen atoms in total. The summed E-state index contributed by atoms with van der Waals surface area (Å²) in [6.07, 6.45) is 0.226. The van der Waals surface area contributed by atoms with E-state index in [1.54, 1.807) is 12.3 Å². The zero-order chi connectivity index (χ0) is 23.7. The largest absolute Gasteiger partial charge is 0.449 e. The van der Waals surface area contributed by atoms with Gasteiger partial charge in [-0.1, -0.05) is 60.1 Å². The number of nitrogens with zero attached hydrogens (tertiary/aromatic N) is 3. The van der Waals surface area contributed by atoms with Gasteiger partial charge in [0.1, 0.15) is 17.9 Å². The van der Waals surface area contributed by atoms with Crippen LogP contribution < -0.4 is 5.32 Å². The summed E-state index contributed by atoms with van der Waals surface area (Å²) in [6, 6.07) is 17.8. The molecule has 2 aromatic heterocycles. The molecule has 0 bridgehead atoms. The minimum absolute atomic E-state index is 0.0273. The van der Waals surface area contributed by atoms with Crippen molar-refractivity contribution in [1.82, 2.24) is 19.9 Å². The third kappa shape index (κ3) is 4.23. The number of alkyl carbamates (subject to hydrolysis) is 1. The average molecular weight is 479 g/mol. The summed E-state index contributed by atoms with van der Waals surface area (Å²) < 4.78 is 6.96. The van der Waals surface area contributed by atoms with E-state index in [1.807, 2.05) is 24.3 Å². The van der Waals surface area contributed by atoms with E-state index in [-0.39, 0.29) is 30.6 Å².